The first-order valence-electron chi connectivity index (χ1n) is 10.6. The second-order valence-electron chi connectivity index (χ2n) is 7.79. The van der Waals surface area contributed by atoms with Crippen molar-refractivity contribution >= 4 is 5.91 Å². The molecule has 33 heavy (non-hydrogen) atoms. The van der Waals surface area contributed by atoms with Gasteiger partial charge in [-0.3, -0.25) is 4.79 Å². The Labute approximate surface area is 190 Å². The van der Waals surface area contributed by atoms with Gasteiger partial charge in [0.15, 0.2) is 11.6 Å². The van der Waals surface area contributed by atoms with Gasteiger partial charge in [0.1, 0.15) is 11.5 Å². The summed E-state index contributed by atoms with van der Waals surface area (Å²) in [5.74, 6) is 0.679. The fourth-order valence-corrected chi connectivity index (χ4v) is 3.78. The van der Waals surface area contributed by atoms with Crippen LogP contribution in [0, 0.1) is 0 Å². The monoisotopic (exact) mass is 442 g/mol. The Balaban J connectivity index is 1.53. The molecule has 5 rings (SSSR count). The molecule has 1 saturated heterocycles. The molecule has 1 amide bonds. The Morgan fingerprint density at radius 1 is 0.939 bits per heavy atom. The van der Waals surface area contributed by atoms with Crippen molar-refractivity contribution in [1.29, 1.82) is 0 Å². The summed E-state index contributed by atoms with van der Waals surface area (Å²) in [5.41, 5.74) is 2.15. The highest BCUT2D eigenvalue weighted by Gasteiger charge is 2.21. The molecule has 0 radical (unpaired) electrons. The van der Waals surface area contributed by atoms with E-state index >= 15 is 0 Å². The molecule has 0 spiro atoms. The maximum atomic E-state index is 12.5. The lowest BCUT2D eigenvalue weighted by molar-refractivity contribution is 0.0930. The molecule has 166 valence electrons. The van der Waals surface area contributed by atoms with Crippen molar-refractivity contribution in [2.45, 2.75) is 12.5 Å². The summed E-state index contributed by atoms with van der Waals surface area (Å²) in [6.45, 7) is 1.19. The third-order valence-corrected chi connectivity index (χ3v) is 5.54. The van der Waals surface area contributed by atoms with E-state index in [-0.39, 0.29) is 23.4 Å². The van der Waals surface area contributed by atoms with Crippen LogP contribution in [0.3, 0.4) is 0 Å². The van der Waals surface area contributed by atoms with Crippen LogP contribution < -0.4 is 5.32 Å². The van der Waals surface area contributed by atoms with Crippen molar-refractivity contribution < 1.29 is 19.7 Å². The van der Waals surface area contributed by atoms with Gasteiger partial charge >= 0.3 is 0 Å². The lowest BCUT2D eigenvalue weighted by atomic mass is 10.1. The number of phenols is 2. The van der Waals surface area contributed by atoms with E-state index in [9.17, 15) is 15.0 Å². The number of benzene rings is 3. The van der Waals surface area contributed by atoms with Crippen LogP contribution in [0.2, 0.25) is 0 Å². The molecule has 1 aromatic heterocycles. The van der Waals surface area contributed by atoms with Gasteiger partial charge in [-0.25, -0.2) is 9.67 Å². The first kappa shape index (κ1) is 20.7. The quantitative estimate of drug-likeness (QED) is 0.436. The van der Waals surface area contributed by atoms with Gasteiger partial charge in [-0.05, 0) is 55.0 Å². The SMILES string of the molecule is O=C(N[C@@H]1CCOC1)c1ccc(-n2nc(-c3ccccc3O)nc2-c2ccccc2O)cc1. The van der Waals surface area contributed by atoms with Gasteiger partial charge in [0.2, 0.25) is 0 Å². The highest BCUT2D eigenvalue weighted by Crippen LogP contribution is 2.33. The maximum absolute atomic E-state index is 12.5. The van der Waals surface area contributed by atoms with Gasteiger partial charge in [-0.2, -0.15) is 0 Å². The number of amides is 1. The van der Waals surface area contributed by atoms with Gasteiger partial charge in [-0.1, -0.05) is 24.3 Å². The number of phenolic OH excluding ortho intramolecular Hbond substituents is 2. The molecule has 3 N–H and O–H groups in total. The molecule has 4 aromatic rings. The zero-order valence-corrected chi connectivity index (χ0v) is 17.7. The van der Waals surface area contributed by atoms with Crippen molar-refractivity contribution in [1.82, 2.24) is 20.1 Å². The minimum atomic E-state index is -0.161. The van der Waals surface area contributed by atoms with Crippen LogP contribution in [0.5, 0.6) is 11.5 Å². The van der Waals surface area contributed by atoms with Crippen LogP contribution >= 0.6 is 0 Å². The van der Waals surface area contributed by atoms with Gasteiger partial charge in [-0.15, -0.1) is 5.10 Å². The lowest BCUT2D eigenvalue weighted by Crippen LogP contribution is -2.34. The van der Waals surface area contributed by atoms with Crippen LogP contribution in [0.4, 0.5) is 0 Å². The summed E-state index contributed by atoms with van der Waals surface area (Å²) in [6.07, 6.45) is 0.807. The smallest absolute Gasteiger partial charge is 0.251 e. The number of ether oxygens (including phenoxy) is 1. The van der Waals surface area contributed by atoms with Crippen molar-refractivity contribution in [2.24, 2.45) is 0 Å². The maximum Gasteiger partial charge on any atom is 0.251 e. The number of aromatic hydroxyl groups is 2. The van der Waals surface area contributed by atoms with Crippen molar-refractivity contribution in [2.75, 3.05) is 13.2 Å². The molecule has 1 fully saturated rings. The number of nitrogens with one attached hydrogen (secondary N) is 1. The molecular formula is C25H22N4O4. The summed E-state index contributed by atoms with van der Waals surface area (Å²) >= 11 is 0. The predicted molar refractivity (Wildman–Crippen MR) is 122 cm³/mol. The van der Waals surface area contributed by atoms with E-state index in [1.807, 2.05) is 0 Å². The second kappa shape index (κ2) is 8.76. The molecule has 1 aliphatic heterocycles. The third-order valence-electron chi connectivity index (χ3n) is 5.54. The molecule has 0 bridgehead atoms. The number of aromatic nitrogens is 3. The average molecular weight is 442 g/mol. The zero-order chi connectivity index (χ0) is 22.8. The Bertz CT molecular complexity index is 1290. The summed E-state index contributed by atoms with van der Waals surface area (Å²) in [7, 11) is 0. The number of nitrogens with zero attached hydrogens (tertiary/aromatic N) is 3. The molecule has 0 aliphatic carbocycles. The average Bonchev–Trinajstić information content (AvgIpc) is 3.50. The fraction of sp³-hybridized carbons (Fsp3) is 0.160. The summed E-state index contributed by atoms with van der Waals surface area (Å²) in [5, 5.41) is 28.3. The van der Waals surface area contributed by atoms with E-state index in [1.54, 1.807) is 77.5 Å². The van der Waals surface area contributed by atoms with Gasteiger partial charge in [0.05, 0.1) is 29.5 Å². The minimum absolute atomic E-state index is 0.0289. The van der Waals surface area contributed by atoms with Crippen molar-refractivity contribution in [3.8, 4) is 40.0 Å². The fourth-order valence-electron chi connectivity index (χ4n) is 3.78. The van der Waals surface area contributed by atoms with E-state index < -0.39 is 0 Å². The summed E-state index contributed by atoms with van der Waals surface area (Å²) < 4.78 is 6.90. The highest BCUT2D eigenvalue weighted by atomic mass is 16.5. The molecule has 1 aliphatic rings. The largest absolute Gasteiger partial charge is 0.507 e. The molecule has 8 nitrogen and oxygen atoms in total. The Kier molecular flexibility index (Phi) is 5.50. The number of rotatable bonds is 5. The van der Waals surface area contributed by atoms with Crippen molar-refractivity contribution in [3.05, 3.63) is 78.4 Å². The summed E-state index contributed by atoms with van der Waals surface area (Å²) in [4.78, 5) is 17.2. The van der Waals surface area contributed by atoms with E-state index in [2.05, 4.69) is 15.4 Å². The van der Waals surface area contributed by atoms with E-state index in [1.165, 1.54) is 0 Å². The van der Waals surface area contributed by atoms with Crippen LogP contribution in [0.15, 0.2) is 72.8 Å². The van der Waals surface area contributed by atoms with Crippen LogP contribution in [0.25, 0.3) is 28.5 Å². The third kappa shape index (κ3) is 4.16. The Morgan fingerprint density at radius 3 is 2.24 bits per heavy atom. The first-order chi connectivity index (χ1) is 16.1. The van der Waals surface area contributed by atoms with Crippen molar-refractivity contribution in [3.63, 3.8) is 0 Å². The molecule has 8 heteroatoms. The van der Waals surface area contributed by atoms with Crippen LogP contribution in [-0.4, -0.2) is 50.1 Å². The highest BCUT2D eigenvalue weighted by molar-refractivity contribution is 5.94. The molecule has 0 saturated carbocycles. The topological polar surface area (TPSA) is 110 Å². The number of carbonyl (C=O) groups is 1. The molecule has 1 atom stereocenters. The van der Waals surface area contributed by atoms with Gasteiger partial charge < -0.3 is 20.3 Å². The molecular weight excluding hydrogens is 420 g/mol. The molecule has 3 aromatic carbocycles. The van der Waals surface area contributed by atoms with Crippen LogP contribution in [-0.2, 0) is 4.74 Å². The Morgan fingerprint density at radius 2 is 1.61 bits per heavy atom. The zero-order valence-electron chi connectivity index (χ0n) is 17.7. The molecule has 0 unspecified atom stereocenters. The number of hydrogen-bond donors (Lipinski definition) is 3. The number of hydrogen-bond acceptors (Lipinski definition) is 6. The Hall–Kier alpha value is -4.17. The minimum Gasteiger partial charge on any atom is -0.507 e. The summed E-state index contributed by atoms with van der Waals surface area (Å²) in [6, 6.07) is 20.7. The number of carbonyl (C=O) groups excluding carboxylic acids is 1. The molecule has 2 heterocycles. The van der Waals surface area contributed by atoms with E-state index in [0.29, 0.717) is 47.2 Å². The van der Waals surface area contributed by atoms with Gasteiger partial charge in [0, 0.05) is 12.2 Å². The van der Waals surface area contributed by atoms with E-state index in [0.717, 1.165) is 6.42 Å². The first-order valence-corrected chi connectivity index (χ1v) is 10.6. The normalized spacial score (nSPS) is 15.5. The number of para-hydroxylation sites is 2. The standard InChI is InChI=1S/C25H22N4O4/c30-21-7-3-1-5-19(21)23-27-24(20-6-2-4-8-22(20)31)29(28-23)18-11-9-16(10-12-18)25(32)26-17-13-14-33-15-17/h1-12,17,30-31H,13-15H2,(H,26,32)/t17-/m1/s1. The second-order valence-corrected chi connectivity index (χ2v) is 7.79. The van der Waals surface area contributed by atoms with E-state index in [4.69, 9.17) is 4.74 Å². The van der Waals surface area contributed by atoms with Gasteiger partial charge in [0.25, 0.3) is 5.91 Å². The predicted octanol–water partition coefficient (Wildman–Crippen LogP) is 3.53. The lowest BCUT2D eigenvalue weighted by Gasteiger charge is -2.11. The van der Waals surface area contributed by atoms with Crippen LogP contribution in [0.1, 0.15) is 16.8 Å².